The monoisotopic (exact) mass is 307 g/mol. The van der Waals surface area contributed by atoms with E-state index in [1.165, 1.54) is 0 Å². The molecule has 1 N–H and O–H groups in total. The summed E-state index contributed by atoms with van der Waals surface area (Å²) in [5, 5.41) is 0. The lowest BCUT2D eigenvalue weighted by Crippen LogP contribution is -1.93. The van der Waals surface area contributed by atoms with Crippen LogP contribution < -0.4 is 5.76 Å². The third-order valence-corrected chi connectivity index (χ3v) is 3.81. The van der Waals surface area contributed by atoms with E-state index in [-0.39, 0.29) is 4.83 Å². The number of hydrogen-bond donors (Lipinski definition) is 1. The fourth-order valence-corrected chi connectivity index (χ4v) is 2.67. The second-order valence-corrected chi connectivity index (χ2v) is 5.02. The Labute approximate surface area is 111 Å². The highest BCUT2D eigenvalue weighted by Gasteiger charge is 2.17. The van der Waals surface area contributed by atoms with Crippen LogP contribution in [-0.4, -0.2) is 4.98 Å². The first-order valence-electron chi connectivity index (χ1n) is 5.46. The van der Waals surface area contributed by atoms with Gasteiger partial charge in [-0.15, -0.1) is 0 Å². The zero-order valence-electron chi connectivity index (χ0n) is 9.57. The predicted molar refractivity (Wildman–Crippen MR) is 71.0 cm³/mol. The minimum absolute atomic E-state index is 0.0582. The maximum absolute atomic E-state index is 11.1. The lowest BCUT2D eigenvalue weighted by Gasteiger charge is -2.08. The van der Waals surface area contributed by atoms with Gasteiger partial charge in [-0.05, 0) is 36.2 Å². The van der Waals surface area contributed by atoms with Crippen molar-refractivity contribution in [1.82, 2.24) is 4.98 Å². The molecule has 3 aromatic rings. The van der Waals surface area contributed by atoms with Crippen molar-refractivity contribution in [2.75, 3.05) is 0 Å². The molecule has 0 aliphatic heterocycles. The van der Waals surface area contributed by atoms with E-state index in [1.54, 1.807) is 6.26 Å². The Bertz CT molecular complexity index is 753. The van der Waals surface area contributed by atoms with E-state index in [4.69, 9.17) is 8.83 Å². The van der Waals surface area contributed by atoms with Gasteiger partial charge in [-0.3, -0.25) is 4.98 Å². The average molecular weight is 308 g/mol. The number of aromatic amines is 1. The lowest BCUT2D eigenvalue weighted by molar-refractivity contribution is 0.516. The Balaban J connectivity index is 2.09. The van der Waals surface area contributed by atoms with E-state index < -0.39 is 5.76 Å². The van der Waals surface area contributed by atoms with Gasteiger partial charge in [0, 0.05) is 0 Å². The number of aromatic nitrogens is 1. The Morgan fingerprint density at radius 2 is 2.17 bits per heavy atom. The van der Waals surface area contributed by atoms with Crippen molar-refractivity contribution in [1.29, 1.82) is 0 Å². The van der Waals surface area contributed by atoms with Crippen LogP contribution in [0.25, 0.3) is 11.1 Å². The molecular formula is C13H10BrNO3. The van der Waals surface area contributed by atoms with E-state index >= 15 is 0 Å². The fourth-order valence-electron chi connectivity index (χ4n) is 1.92. The summed E-state index contributed by atoms with van der Waals surface area (Å²) in [4.78, 5) is 13.7. The molecule has 0 aliphatic rings. The predicted octanol–water partition coefficient (Wildman–Crippen LogP) is 3.51. The van der Waals surface area contributed by atoms with Crippen molar-refractivity contribution in [3.63, 3.8) is 0 Å². The molecular weight excluding hydrogens is 298 g/mol. The molecule has 2 heterocycles. The molecule has 0 saturated heterocycles. The number of nitrogens with one attached hydrogen (secondary N) is 1. The molecule has 4 nitrogen and oxygen atoms in total. The van der Waals surface area contributed by atoms with Gasteiger partial charge in [-0.2, -0.15) is 0 Å². The number of hydrogen-bond acceptors (Lipinski definition) is 3. The van der Waals surface area contributed by atoms with Gasteiger partial charge >= 0.3 is 5.76 Å². The van der Waals surface area contributed by atoms with Crippen LogP contribution in [0.5, 0.6) is 0 Å². The highest BCUT2D eigenvalue weighted by atomic mass is 79.9. The van der Waals surface area contributed by atoms with Crippen LogP contribution in [0.4, 0.5) is 0 Å². The zero-order valence-corrected chi connectivity index (χ0v) is 11.2. The summed E-state index contributed by atoms with van der Waals surface area (Å²) in [5.41, 5.74) is 3.29. The van der Waals surface area contributed by atoms with Crippen LogP contribution in [0.1, 0.15) is 21.7 Å². The Kier molecular flexibility index (Phi) is 2.63. The Morgan fingerprint density at radius 1 is 1.33 bits per heavy atom. The topological polar surface area (TPSA) is 59.1 Å². The molecule has 1 aromatic carbocycles. The Hall–Kier alpha value is -1.75. The van der Waals surface area contributed by atoms with Crippen molar-refractivity contribution in [3.8, 4) is 0 Å². The number of oxazole rings is 1. The average Bonchev–Trinajstić information content (AvgIpc) is 2.91. The highest BCUT2D eigenvalue weighted by Crippen LogP contribution is 2.34. The van der Waals surface area contributed by atoms with Gasteiger partial charge in [-0.25, -0.2) is 4.79 Å². The smallest absolute Gasteiger partial charge is 0.417 e. The van der Waals surface area contributed by atoms with Gasteiger partial charge in [0.05, 0.1) is 16.6 Å². The van der Waals surface area contributed by atoms with Crippen molar-refractivity contribution >= 4 is 27.0 Å². The van der Waals surface area contributed by atoms with E-state index in [0.29, 0.717) is 11.1 Å². The Morgan fingerprint density at radius 3 is 2.89 bits per heavy atom. The van der Waals surface area contributed by atoms with Crippen molar-refractivity contribution < 1.29 is 8.83 Å². The molecule has 5 heteroatoms. The number of alkyl halides is 1. The van der Waals surface area contributed by atoms with E-state index in [9.17, 15) is 4.79 Å². The number of H-pyrrole nitrogens is 1. The van der Waals surface area contributed by atoms with E-state index in [0.717, 1.165) is 16.9 Å². The van der Waals surface area contributed by atoms with Gasteiger partial charge in [0.25, 0.3) is 0 Å². The molecule has 0 amide bonds. The normalized spacial score (nSPS) is 13.0. The SMILES string of the molecule is Cc1ccoc1C(Br)c1ccc2[nH]c(=O)oc2c1. The van der Waals surface area contributed by atoms with Gasteiger partial charge in [0.1, 0.15) is 5.76 Å². The van der Waals surface area contributed by atoms with Crippen molar-refractivity contribution in [3.05, 3.63) is 58.0 Å². The maximum atomic E-state index is 11.1. The van der Waals surface area contributed by atoms with Crippen LogP contribution in [0.2, 0.25) is 0 Å². The van der Waals surface area contributed by atoms with Gasteiger partial charge in [-0.1, -0.05) is 22.0 Å². The summed E-state index contributed by atoms with van der Waals surface area (Å²) in [7, 11) is 0. The van der Waals surface area contributed by atoms with Crippen LogP contribution >= 0.6 is 15.9 Å². The first-order valence-corrected chi connectivity index (χ1v) is 6.37. The van der Waals surface area contributed by atoms with Gasteiger partial charge in [0.2, 0.25) is 0 Å². The number of fused-ring (bicyclic) bond motifs is 1. The molecule has 0 bridgehead atoms. The maximum Gasteiger partial charge on any atom is 0.417 e. The summed E-state index contributed by atoms with van der Waals surface area (Å²) in [5.74, 6) is 0.412. The van der Waals surface area contributed by atoms with Crippen LogP contribution in [0.15, 0.2) is 44.2 Å². The zero-order chi connectivity index (χ0) is 12.7. The molecule has 2 aromatic heterocycles. The molecule has 0 fully saturated rings. The summed E-state index contributed by atoms with van der Waals surface area (Å²) < 4.78 is 10.5. The standard InChI is InChI=1S/C13H10BrNO3/c1-7-4-5-17-12(7)11(14)8-2-3-9-10(6-8)18-13(16)15-9/h2-6,11H,1H3,(H,15,16). The molecule has 92 valence electrons. The van der Waals surface area contributed by atoms with Crippen molar-refractivity contribution in [2.45, 2.75) is 11.8 Å². The second-order valence-electron chi connectivity index (χ2n) is 4.10. The van der Waals surface area contributed by atoms with Gasteiger partial charge < -0.3 is 8.83 Å². The number of furan rings is 1. The molecule has 1 unspecified atom stereocenters. The molecule has 18 heavy (non-hydrogen) atoms. The van der Waals surface area contributed by atoms with Crippen LogP contribution in [0, 0.1) is 6.92 Å². The summed E-state index contributed by atoms with van der Waals surface area (Å²) in [6, 6.07) is 7.49. The number of rotatable bonds is 2. The van der Waals surface area contributed by atoms with Crippen LogP contribution in [0.3, 0.4) is 0 Å². The minimum atomic E-state index is -0.442. The van der Waals surface area contributed by atoms with Crippen molar-refractivity contribution in [2.24, 2.45) is 0 Å². The molecule has 0 saturated carbocycles. The molecule has 0 aliphatic carbocycles. The summed E-state index contributed by atoms with van der Waals surface area (Å²) in [6.07, 6.45) is 1.66. The number of benzene rings is 1. The number of aryl methyl sites for hydroxylation is 1. The summed E-state index contributed by atoms with van der Waals surface area (Å²) >= 11 is 3.59. The second kappa shape index (κ2) is 4.17. The quantitative estimate of drug-likeness (QED) is 0.737. The largest absolute Gasteiger partial charge is 0.468 e. The molecule has 0 spiro atoms. The third kappa shape index (κ3) is 1.80. The van der Waals surface area contributed by atoms with E-state index in [2.05, 4.69) is 20.9 Å². The molecule has 0 radical (unpaired) electrons. The highest BCUT2D eigenvalue weighted by molar-refractivity contribution is 9.09. The first-order chi connectivity index (χ1) is 8.65. The molecule has 3 rings (SSSR count). The first kappa shape index (κ1) is 11.3. The number of halogens is 1. The minimum Gasteiger partial charge on any atom is -0.468 e. The van der Waals surface area contributed by atoms with Crippen LogP contribution in [-0.2, 0) is 0 Å². The van der Waals surface area contributed by atoms with E-state index in [1.807, 2.05) is 31.2 Å². The summed E-state index contributed by atoms with van der Waals surface area (Å²) in [6.45, 7) is 1.99. The molecule has 1 atom stereocenters. The van der Waals surface area contributed by atoms with Gasteiger partial charge in [0.15, 0.2) is 5.58 Å². The lowest BCUT2D eigenvalue weighted by atomic mass is 10.1. The third-order valence-electron chi connectivity index (χ3n) is 2.87. The fraction of sp³-hybridized carbons (Fsp3) is 0.154.